The molecular weight excluding hydrogens is 386 g/mol. The van der Waals surface area contributed by atoms with Crippen molar-refractivity contribution in [1.82, 2.24) is 15.0 Å². The smallest absolute Gasteiger partial charge is 0.130 e. The molecule has 2 heterocycles. The molecule has 5 nitrogen and oxygen atoms in total. The molecule has 1 N–H and O–H groups in total. The Morgan fingerprint density at radius 3 is 2.68 bits per heavy atom. The molecule has 0 aliphatic carbocycles. The molecule has 0 bridgehead atoms. The largest absolute Gasteiger partial charge is 0.487 e. The predicted molar refractivity (Wildman–Crippen MR) is 122 cm³/mol. The highest BCUT2D eigenvalue weighted by atomic mass is 16.5. The fraction of sp³-hybridized carbons (Fsp3) is 0.115. The number of rotatable bonds is 5. The van der Waals surface area contributed by atoms with Crippen LogP contribution in [0.15, 0.2) is 85.2 Å². The Morgan fingerprint density at radius 1 is 0.871 bits per heavy atom. The normalized spacial score (nSPS) is 12.2. The van der Waals surface area contributed by atoms with Crippen molar-refractivity contribution in [3.63, 3.8) is 0 Å². The second-order valence-electron chi connectivity index (χ2n) is 7.49. The summed E-state index contributed by atoms with van der Waals surface area (Å²) in [6.45, 7) is 2.13. The molecule has 0 amide bonds. The number of aromatic nitrogens is 3. The Hall–Kier alpha value is -3.83. The van der Waals surface area contributed by atoms with Crippen LogP contribution in [0.4, 0.5) is 0 Å². The lowest BCUT2D eigenvalue weighted by Crippen LogP contribution is -1.99. The molecule has 3 aromatic carbocycles. The molecule has 5 aromatic rings. The van der Waals surface area contributed by atoms with Crippen LogP contribution in [0.3, 0.4) is 0 Å². The molecule has 0 aliphatic rings. The molecule has 5 heteroatoms. The first kappa shape index (κ1) is 19.2. The zero-order valence-electron chi connectivity index (χ0n) is 17.1. The van der Waals surface area contributed by atoms with Gasteiger partial charge in [0.1, 0.15) is 18.7 Å². The topological polar surface area (TPSA) is 68.1 Å². The van der Waals surface area contributed by atoms with Gasteiger partial charge < -0.3 is 9.84 Å². The van der Waals surface area contributed by atoms with Gasteiger partial charge in [0.05, 0.1) is 28.5 Å². The first-order chi connectivity index (χ1) is 15.2. The van der Waals surface area contributed by atoms with Gasteiger partial charge in [-0.3, -0.25) is 0 Å². The maximum absolute atomic E-state index is 9.94. The number of fused-ring (bicyclic) bond motifs is 2. The number of hydrogen-bond acceptors (Lipinski definition) is 5. The van der Waals surface area contributed by atoms with E-state index in [1.807, 2.05) is 72.8 Å². The van der Waals surface area contributed by atoms with Crippen molar-refractivity contribution in [3.8, 4) is 17.0 Å². The number of benzene rings is 3. The van der Waals surface area contributed by atoms with E-state index in [-0.39, 0.29) is 0 Å². The fourth-order valence-corrected chi connectivity index (χ4v) is 3.65. The van der Waals surface area contributed by atoms with Crippen molar-refractivity contribution in [2.45, 2.75) is 19.6 Å². The number of pyridine rings is 1. The molecule has 0 spiro atoms. The number of aliphatic hydroxyl groups is 1. The van der Waals surface area contributed by atoms with Gasteiger partial charge in [0.15, 0.2) is 0 Å². The summed E-state index contributed by atoms with van der Waals surface area (Å²) in [5.41, 5.74) is 5.24. The first-order valence-corrected chi connectivity index (χ1v) is 10.2. The van der Waals surface area contributed by atoms with Gasteiger partial charge in [-0.2, -0.15) is 0 Å². The van der Waals surface area contributed by atoms with Crippen LogP contribution in [-0.2, 0) is 6.61 Å². The van der Waals surface area contributed by atoms with Gasteiger partial charge in [0.25, 0.3) is 0 Å². The molecule has 2 aromatic heterocycles. The number of nitrogens with zero attached hydrogens (tertiary/aromatic N) is 3. The van der Waals surface area contributed by atoms with E-state index in [1.165, 1.54) is 0 Å². The summed E-state index contributed by atoms with van der Waals surface area (Å²) in [5.74, 6) is 0.727. The molecule has 1 atom stereocenters. The molecule has 0 radical (unpaired) electrons. The first-order valence-electron chi connectivity index (χ1n) is 10.2. The zero-order chi connectivity index (χ0) is 21.2. The van der Waals surface area contributed by atoms with Crippen molar-refractivity contribution >= 4 is 21.8 Å². The Labute approximate surface area is 180 Å². The Morgan fingerprint density at radius 2 is 1.77 bits per heavy atom. The van der Waals surface area contributed by atoms with E-state index >= 15 is 0 Å². The standard InChI is InChI=1S/C26H21N3O2/c1-17(30)19-6-4-7-20(13-19)26-23-14-22(11-12-25(23)27-16-28-26)31-15-21-10-9-18-5-2-3-8-24(18)29-21/h2-14,16-17,30H,15H2,1H3. The van der Waals surface area contributed by atoms with Crippen LogP contribution in [0.5, 0.6) is 5.75 Å². The van der Waals surface area contributed by atoms with Crippen LogP contribution in [-0.4, -0.2) is 20.1 Å². The van der Waals surface area contributed by atoms with Crippen LogP contribution in [0.1, 0.15) is 24.3 Å². The van der Waals surface area contributed by atoms with E-state index in [0.717, 1.165) is 50.1 Å². The summed E-state index contributed by atoms with van der Waals surface area (Å²) in [4.78, 5) is 13.6. The fourth-order valence-electron chi connectivity index (χ4n) is 3.65. The molecule has 31 heavy (non-hydrogen) atoms. The molecule has 0 fully saturated rings. The Bertz CT molecular complexity index is 1380. The van der Waals surface area contributed by atoms with Crippen LogP contribution in [0, 0.1) is 0 Å². The molecule has 0 aliphatic heterocycles. The van der Waals surface area contributed by atoms with E-state index in [2.05, 4.69) is 21.0 Å². The van der Waals surface area contributed by atoms with E-state index in [4.69, 9.17) is 4.74 Å². The number of ether oxygens (including phenoxy) is 1. The SMILES string of the molecule is CC(O)c1cccc(-c2ncnc3ccc(OCc4ccc5ccccc5n4)cc23)c1. The maximum atomic E-state index is 9.94. The third-order valence-electron chi connectivity index (χ3n) is 5.29. The summed E-state index contributed by atoms with van der Waals surface area (Å²) >= 11 is 0. The van der Waals surface area contributed by atoms with Crippen molar-refractivity contribution in [2.75, 3.05) is 0 Å². The van der Waals surface area contributed by atoms with Crippen molar-refractivity contribution in [1.29, 1.82) is 0 Å². The molecule has 5 rings (SSSR count). The van der Waals surface area contributed by atoms with Gasteiger partial charge in [0, 0.05) is 16.3 Å². The average Bonchev–Trinajstić information content (AvgIpc) is 2.82. The second kappa shape index (κ2) is 8.13. The molecular formula is C26H21N3O2. The Kier molecular flexibility index (Phi) is 5.02. The maximum Gasteiger partial charge on any atom is 0.130 e. The summed E-state index contributed by atoms with van der Waals surface area (Å²) < 4.78 is 6.04. The highest BCUT2D eigenvalue weighted by Gasteiger charge is 2.10. The quantitative estimate of drug-likeness (QED) is 0.418. The summed E-state index contributed by atoms with van der Waals surface area (Å²) in [5, 5.41) is 11.9. The third kappa shape index (κ3) is 3.96. The Balaban J connectivity index is 1.46. The van der Waals surface area contributed by atoms with Crippen molar-refractivity contribution in [2.24, 2.45) is 0 Å². The van der Waals surface area contributed by atoms with Crippen LogP contribution in [0.2, 0.25) is 0 Å². The lowest BCUT2D eigenvalue weighted by atomic mass is 10.0. The minimum absolute atomic E-state index is 0.372. The highest BCUT2D eigenvalue weighted by Crippen LogP contribution is 2.30. The van der Waals surface area contributed by atoms with Gasteiger partial charge in [-0.15, -0.1) is 0 Å². The van der Waals surface area contributed by atoms with E-state index in [1.54, 1.807) is 13.3 Å². The minimum Gasteiger partial charge on any atom is -0.487 e. The van der Waals surface area contributed by atoms with Gasteiger partial charge >= 0.3 is 0 Å². The number of hydrogen-bond donors (Lipinski definition) is 1. The van der Waals surface area contributed by atoms with Crippen molar-refractivity contribution < 1.29 is 9.84 Å². The zero-order valence-corrected chi connectivity index (χ0v) is 17.1. The van der Waals surface area contributed by atoms with Gasteiger partial charge in [-0.1, -0.05) is 42.5 Å². The van der Waals surface area contributed by atoms with Crippen LogP contribution < -0.4 is 4.74 Å². The molecule has 152 valence electrons. The van der Waals surface area contributed by atoms with Crippen LogP contribution >= 0.6 is 0 Å². The highest BCUT2D eigenvalue weighted by molar-refractivity contribution is 5.93. The summed E-state index contributed by atoms with van der Waals surface area (Å²) in [6.07, 6.45) is 1.02. The van der Waals surface area contributed by atoms with Crippen molar-refractivity contribution in [3.05, 3.63) is 96.4 Å². The average molecular weight is 407 g/mol. The van der Waals surface area contributed by atoms with Gasteiger partial charge in [-0.05, 0) is 48.9 Å². The monoisotopic (exact) mass is 407 g/mol. The molecule has 1 unspecified atom stereocenters. The number of aliphatic hydroxyl groups excluding tert-OH is 1. The molecule has 0 saturated heterocycles. The summed E-state index contributed by atoms with van der Waals surface area (Å²) in [7, 11) is 0. The number of para-hydroxylation sites is 1. The van der Waals surface area contributed by atoms with Crippen LogP contribution in [0.25, 0.3) is 33.1 Å². The second-order valence-corrected chi connectivity index (χ2v) is 7.49. The lowest BCUT2D eigenvalue weighted by Gasteiger charge is -2.11. The van der Waals surface area contributed by atoms with E-state index in [0.29, 0.717) is 6.61 Å². The van der Waals surface area contributed by atoms with E-state index < -0.39 is 6.10 Å². The summed E-state index contributed by atoms with van der Waals surface area (Å²) in [6, 6.07) is 25.7. The third-order valence-corrected chi connectivity index (χ3v) is 5.29. The van der Waals surface area contributed by atoms with E-state index in [9.17, 15) is 5.11 Å². The van der Waals surface area contributed by atoms with Gasteiger partial charge in [0.2, 0.25) is 0 Å². The molecule has 0 saturated carbocycles. The lowest BCUT2D eigenvalue weighted by molar-refractivity contribution is 0.199. The minimum atomic E-state index is -0.540. The van der Waals surface area contributed by atoms with Gasteiger partial charge in [-0.25, -0.2) is 15.0 Å². The predicted octanol–water partition coefficient (Wildman–Crippen LogP) is 5.48.